The van der Waals surface area contributed by atoms with E-state index in [2.05, 4.69) is 4.99 Å². The number of halogens is 1. The summed E-state index contributed by atoms with van der Waals surface area (Å²) in [5, 5.41) is 0.676. The lowest BCUT2D eigenvalue weighted by Crippen LogP contribution is -2.25. The molecule has 0 saturated heterocycles. The van der Waals surface area contributed by atoms with E-state index in [0.29, 0.717) is 5.02 Å². The van der Waals surface area contributed by atoms with Gasteiger partial charge in [0.15, 0.2) is 0 Å². The van der Waals surface area contributed by atoms with Gasteiger partial charge in [-0.3, -0.25) is 4.99 Å². The molecule has 0 spiro atoms. The Morgan fingerprint density at radius 2 is 1.94 bits per heavy atom. The summed E-state index contributed by atoms with van der Waals surface area (Å²) in [5.74, 6) is -0.212. The minimum atomic E-state index is -0.462. The van der Waals surface area contributed by atoms with Crippen molar-refractivity contribution in [3.63, 3.8) is 0 Å². The van der Waals surface area contributed by atoms with E-state index in [9.17, 15) is 4.79 Å². The van der Waals surface area contributed by atoms with E-state index in [1.807, 2.05) is 26.0 Å². The van der Waals surface area contributed by atoms with Crippen LogP contribution in [0.3, 0.4) is 0 Å². The molecule has 0 aromatic heterocycles. The van der Waals surface area contributed by atoms with Gasteiger partial charge in [0.1, 0.15) is 6.04 Å². The molecule has 0 aliphatic heterocycles. The molecule has 0 heterocycles. The average molecular weight is 254 g/mol. The number of esters is 1. The molecule has 1 rings (SSSR count). The number of carbonyl (C=O) groups excluding carboxylic acids is 1. The van der Waals surface area contributed by atoms with Crippen LogP contribution >= 0.6 is 11.6 Å². The maximum atomic E-state index is 11.5. The van der Waals surface area contributed by atoms with Crippen molar-refractivity contribution < 1.29 is 9.53 Å². The first-order valence-electron chi connectivity index (χ1n) is 5.41. The van der Waals surface area contributed by atoms with Crippen LogP contribution in [0.1, 0.15) is 19.4 Å². The highest BCUT2D eigenvalue weighted by Crippen LogP contribution is 2.11. The zero-order chi connectivity index (χ0) is 12.8. The number of methoxy groups -OCH3 is 1. The molecule has 17 heavy (non-hydrogen) atoms. The lowest BCUT2D eigenvalue weighted by atomic mass is 10.1. The average Bonchev–Trinajstić information content (AvgIpc) is 2.31. The monoisotopic (exact) mass is 253 g/mol. The summed E-state index contributed by atoms with van der Waals surface area (Å²) in [6.07, 6.45) is 1.66. The van der Waals surface area contributed by atoms with Crippen LogP contribution in [0.4, 0.5) is 0 Å². The number of hydrogen-bond acceptors (Lipinski definition) is 3. The molecular weight excluding hydrogens is 238 g/mol. The third kappa shape index (κ3) is 4.19. The smallest absolute Gasteiger partial charge is 0.330 e. The molecule has 3 nitrogen and oxygen atoms in total. The molecule has 1 aromatic rings. The summed E-state index contributed by atoms with van der Waals surface area (Å²) in [5.41, 5.74) is 0.906. The Kier molecular flexibility index (Phi) is 5.16. The van der Waals surface area contributed by atoms with E-state index in [0.717, 1.165) is 5.56 Å². The number of benzene rings is 1. The van der Waals surface area contributed by atoms with Gasteiger partial charge in [0.25, 0.3) is 0 Å². The summed E-state index contributed by atoms with van der Waals surface area (Å²) in [4.78, 5) is 15.7. The summed E-state index contributed by atoms with van der Waals surface area (Å²) in [6.45, 7) is 3.86. The summed E-state index contributed by atoms with van der Waals surface area (Å²) < 4.78 is 4.71. The van der Waals surface area contributed by atoms with Crippen LogP contribution in [0.15, 0.2) is 29.3 Å². The third-order valence-corrected chi connectivity index (χ3v) is 2.58. The zero-order valence-electron chi connectivity index (χ0n) is 10.2. The number of aliphatic imine (C=N–C) groups is 1. The zero-order valence-corrected chi connectivity index (χ0v) is 10.9. The minimum Gasteiger partial charge on any atom is -0.467 e. The maximum Gasteiger partial charge on any atom is 0.330 e. The lowest BCUT2D eigenvalue weighted by molar-refractivity contribution is -0.143. The van der Waals surface area contributed by atoms with Crippen LogP contribution in [0, 0.1) is 5.92 Å². The molecule has 0 unspecified atom stereocenters. The largest absolute Gasteiger partial charge is 0.467 e. The van der Waals surface area contributed by atoms with E-state index in [4.69, 9.17) is 16.3 Å². The third-order valence-electron chi connectivity index (χ3n) is 2.33. The van der Waals surface area contributed by atoms with E-state index < -0.39 is 6.04 Å². The van der Waals surface area contributed by atoms with Gasteiger partial charge in [-0.05, 0) is 23.6 Å². The van der Waals surface area contributed by atoms with Gasteiger partial charge in [0, 0.05) is 11.2 Å². The van der Waals surface area contributed by atoms with Crippen molar-refractivity contribution in [3.8, 4) is 0 Å². The maximum absolute atomic E-state index is 11.5. The molecule has 1 aromatic carbocycles. The van der Waals surface area contributed by atoms with Gasteiger partial charge in [-0.2, -0.15) is 0 Å². The fourth-order valence-electron chi connectivity index (χ4n) is 1.34. The number of ether oxygens (including phenoxy) is 1. The molecule has 1 atom stereocenters. The van der Waals surface area contributed by atoms with Crippen molar-refractivity contribution in [2.24, 2.45) is 10.9 Å². The van der Waals surface area contributed by atoms with Crippen molar-refractivity contribution in [1.29, 1.82) is 0 Å². The van der Waals surface area contributed by atoms with Crippen molar-refractivity contribution in [2.45, 2.75) is 19.9 Å². The Morgan fingerprint density at radius 1 is 1.35 bits per heavy atom. The first-order chi connectivity index (χ1) is 8.04. The molecule has 0 aliphatic carbocycles. The van der Waals surface area contributed by atoms with Crippen LogP contribution in [0.25, 0.3) is 0 Å². The lowest BCUT2D eigenvalue weighted by Gasteiger charge is -2.13. The summed E-state index contributed by atoms with van der Waals surface area (Å²) in [6, 6.07) is 6.80. The van der Waals surface area contributed by atoms with Crippen LogP contribution in [-0.2, 0) is 9.53 Å². The normalized spacial score (nSPS) is 13.0. The molecule has 92 valence electrons. The molecular formula is C13H16ClNO2. The Hall–Kier alpha value is -1.35. The fourth-order valence-corrected chi connectivity index (χ4v) is 1.47. The predicted octanol–water partition coefficient (Wildman–Crippen LogP) is 2.96. The Labute approximate surface area is 106 Å². The van der Waals surface area contributed by atoms with Crippen LogP contribution in [0.5, 0.6) is 0 Å². The molecule has 0 saturated carbocycles. The molecule has 0 N–H and O–H groups in total. The fraction of sp³-hybridized carbons (Fsp3) is 0.385. The summed E-state index contributed by atoms with van der Waals surface area (Å²) in [7, 11) is 1.37. The van der Waals surface area contributed by atoms with Gasteiger partial charge in [0.05, 0.1) is 7.11 Å². The topological polar surface area (TPSA) is 38.7 Å². The molecule has 0 radical (unpaired) electrons. The van der Waals surface area contributed by atoms with Crippen LogP contribution < -0.4 is 0 Å². The number of rotatable bonds is 4. The van der Waals surface area contributed by atoms with E-state index in [1.54, 1.807) is 18.3 Å². The quantitative estimate of drug-likeness (QED) is 0.611. The highest BCUT2D eigenvalue weighted by molar-refractivity contribution is 6.30. The first kappa shape index (κ1) is 13.7. The van der Waals surface area contributed by atoms with Crippen LogP contribution in [-0.4, -0.2) is 25.3 Å². The highest BCUT2D eigenvalue weighted by atomic mass is 35.5. The molecule has 0 amide bonds. The Bertz CT molecular complexity index is 398. The second kappa shape index (κ2) is 6.40. The van der Waals surface area contributed by atoms with Crippen molar-refractivity contribution in [1.82, 2.24) is 0 Å². The van der Waals surface area contributed by atoms with Crippen molar-refractivity contribution in [2.75, 3.05) is 7.11 Å². The van der Waals surface area contributed by atoms with Gasteiger partial charge in [0.2, 0.25) is 0 Å². The number of carbonyl (C=O) groups is 1. The van der Waals surface area contributed by atoms with E-state index in [-0.39, 0.29) is 11.9 Å². The van der Waals surface area contributed by atoms with Gasteiger partial charge in [-0.1, -0.05) is 37.6 Å². The standard InChI is InChI=1S/C13H16ClNO2/c1-9(2)12(13(16)17-3)15-8-10-4-6-11(14)7-5-10/h4-9,12H,1-3H3/b15-8+/t12-/m1/s1. The molecule has 0 bridgehead atoms. The SMILES string of the molecule is COC(=O)[C@H](/N=C/c1ccc(Cl)cc1)C(C)C. The minimum absolute atomic E-state index is 0.103. The van der Waals surface area contributed by atoms with Gasteiger partial charge in [-0.15, -0.1) is 0 Å². The van der Waals surface area contributed by atoms with Crippen molar-refractivity contribution >= 4 is 23.8 Å². The number of nitrogens with zero attached hydrogens (tertiary/aromatic N) is 1. The second-order valence-corrected chi connectivity index (χ2v) is 4.48. The van der Waals surface area contributed by atoms with Gasteiger partial charge in [-0.25, -0.2) is 4.79 Å². The molecule has 4 heteroatoms. The predicted molar refractivity (Wildman–Crippen MR) is 69.7 cm³/mol. The van der Waals surface area contributed by atoms with Gasteiger partial charge >= 0.3 is 5.97 Å². The first-order valence-corrected chi connectivity index (χ1v) is 5.79. The molecule has 0 fully saturated rings. The van der Waals surface area contributed by atoms with Gasteiger partial charge < -0.3 is 4.74 Å². The van der Waals surface area contributed by atoms with Crippen LogP contribution in [0.2, 0.25) is 5.02 Å². The second-order valence-electron chi connectivity index (χ2n) is 4.04. The number of hydrogen-bond donors (Lipinski definition) is 0. The Balaban J connectivity index is 2.79. The Morgan fingerprint density at radius 3 is 2.41 bits per heavy atom. The highest BCUT2D eigenvalue weighted by Gasteiger charge is 2.20. The van der Waals surface area contributed by atoms with Crippen molar-refractivity contribution in [3.05, 3.63) is 34.9 Å². The van der Waals surface area contributed by atoms with E-state index in [1.165, 1.54) is 7.11 Å². The summed E-state index contributed by atoms with van der Waals surface area (Å²) >= 11 is 5.78. The molecule has 0 aliphatic rings. The van der Waals surface area contributed by atoms with E-state index >= 15 is 0 Å².